The minimum atomic E-state index is -0.554. The highest BCUT2D eigenvalue weighted by Gasteiger charge is 2.37. The second kappa shape index (κ2) is 8.81. The zero-order valence-electron chi connectivity index (χ0n) is 17.8. The van der Waals surface area contributed by atoms with Gasteiger partial charge in [0.05, 0.1) is 23.1 Å². The molecule has 9 nitrogen and oxygen atoms in total. The third kappa shape index (κ3) is 4.36. The Balaban J connectivity index is 1.21. The predicted molar refractivity (Wildman–Crippen MR) is 123 cm³/mol. The number of pyridine rings is 1. The van der Waals surface area contributed by atoms with Crippen molar-refractivity contribution in [2.75, 3.05) is 37.6 Å². The number of aromatic nitrogens is 1. The predicted octanol–water partition coefficient (Wildman–Crippen LogP) is 2.52. The Labute approximate surface area is 200 Å². The maximum absolute atomic E-state index is 12.8. The van der Waals surface area contributed by atoms with E-state index < -0.39 is 6.03 Å². The molecule has 33 heavy (non-hydrogen) atoms. The molecule has 4 heterocycles. The molecule has 1 N–H and O–H groups in total. The highest BCUT2D eigenvalue weighted by atomic mass is 35.5. The van der Waals surface area contributed by atoms with E-state index in [2.05, 4.69) is 20.1 Å². The fourth-order valence-corrected chi connectivity index (χ4v) is 4.66. The lowest BCUT2D eigenvalue weighted by Crippen LogP contribution is -2.56. The molecule has 0 aliphatic carbocycles. The van der Waals surface area contributed by atoms with Gasteiger partial charge in [0.25, 0.3) is 5.91 Å². The average molecular weight is 489 g/mol. The number of hydrogen-bond acceptors (Lipinski definition) is 6. The van der Waals surface area contributed by atoms with Gasteiger partial charge in [-0.25, -0.2) is 19.8 Å². The van der Waals surface area contributed by atoms with Crippen molar-refractivity contribution in [2.45, 2.75) is 19.5 Å². The van der Waals surface area contributed by atoms with Crippen LogP contribution in [0.15, 0.2) is 30.5 Å². The van der Waals surface area contributed by atoms with Gasteiger partial charge in [-0.3, -0.25) is 19.8 Å². The molecule has 0 spiro atoms. The molecule has 2 fully saturated rings. The van der Waals surface area contributed by atoms with E-state index in [-0.39, 0.29) is 24.8 Å². The number of nitrogens with one attached hydrogen (secondary N) is 1. The lowest BCUT2D eigenvalue weighted by atomic mass is 10.1. The van der Waals surface area contributed by atoms with Gasteiger partial charge >= 0.3 is 6.03 Å². The number of hydrazine groups is 1. The number of fused-ring (bicyclic) bond motifs is 1. The van der Waals surface area contributed by atoms with Gasteiger partial charge in [0.1, 0.15) is 5.82 Å². The second-order valence-electron chi connectivity index (χ2n) is 8.30. The summed E-state index contributed by atoms with van der Waals surface area (Å²) in [6.07, 6.45) is 1.76. The smallest absolute Gasteiger partial charge is 0.342 e. The minimum Gasteiger partial charge on any atom is -0.354 e. The first kappa shape index (κ1) is 21.9. The van der Waals surface area contributed by atoms with Crippen LogP contribution in [0.4, 0.5) is 10.6 Å². The molecule has 0 radical (unpaired) electrons. The fraction of sp³-hybridized carbons (Fsp3) is 0.364. The van der Waals surface area contributed by atoms with Crippen LogP contribution in [0.2, 0.25) is 10.0 Å². The van der Waals surface area contributed by atoms with Gasteiger partial charge in [0, 0.05) is 57.0 Å². The first-order chi connectivity index (χ1) is 15.9. The van der Waals surface area contributed by atoms with Gasteiger partial charge in [-0.05, 0) is 17.2 Å². The number of piperazine rings is 1. The van der Waals surface area contributed by atoms with E-state index >= 15 is 0 Å². The maximum atomic E-state index is 12.8. The molecule has 0 bridgehead atoms. The molecule has 0 unspecified atom stereocenters. The summed E-state index contributed by atoms with van der Waals surface area (Å²) in [5.41, 5.74) is 2.60. The molecule has 2 aromatic rings. The number of hydrogen-bond donors (Lipinski definition) is 1. The number of anilines is 1. The number of carbonyl (C=O) groups is 3. The Morgan fingerprint density at radius 2 is 1.73 bits per heavy atom. The maximum Gasteiger partial charge on any atom is 0.342 e. The molecule has 0 atom stereocenters. The molecule has 4 amide bonds. The van der Waals surface area contributed by atoms with Crippen molar-refractivity contribution in [3.05, 3.63) is 57.2 Å². The highest BCUT2D eigenvalue weighted by Crippen LogP contribution is 2.28. The van der Waals surface area contributed by atoms with E-state index in [0.717, 1.165) is 49.7 Å². The van der Waals surface area contributed by atoms with Gasteiger partial charge < -0.3 is 4.90 Å². The molecule has 5 rings (SSSR count). The van der Waals surface area contributed by atoms with Crippen LogP contribution in [0.25, 0.3) is 0 Å². The number of imide groups is 1. The quantitative estimate of drug-likeness (QED) is 0.711. The average Bonchev–Trinajstić information content (AvgIpc) is 3.12. The molecule has 1 aromatic carbocycles. The number of rotatable bonds is 4. The van der Waals surface area contributed by atoms with E-state index in [1.165, 1.54) is 10.0 Å². The van der Waals surface area contributed by atoms with Crippen molar-refractivity contribution in [1.82, 2.24) is 25.2 Å². The summed E-state index contributed by atoms with van der Waals surface area (Å²) in [7, 11) is 0. The third-order valence-corrected chi connectivity index (χ3v) is 6.88. The van der Waals surface area contributed by atoms with Crippen molar-refractivity contribution >= 4 is 46.9 Å². The fourth-order valence-electron chi connectivity index (χ4n) is 4.41. The largest absolute Gasteiger partial charge is 0.354 e. The molecule has 3 aliphatic heterocycles. The Kier molecular flexibility index (Phi) is 5.86. The van der Waals surface area contributed by atoms with E-state index in [1.54, 1.807) is 12.3 Å². The van der Waals surface area contributed by atoms with Crippen LogP contribution in [0.3, 0.4) is 0 Å². The van der Waals surface area contributed by atoms with Crippen molar-refractivity contribution in [3.63, 3.8) is 0 Å². The first-order valence-electron chi connectivity index (χ1n) is 10.7. The number of halogens is 2. The van der Waals surface area contributed by atoms with E-state index in [0.29, 0.717) is 22.2 Å². The van der Waals surface area contributed by atoms with Gasteiger partial charge in [0.2, 0.25) is 5.91 Å². The van der Waals surface area contributed by atoms with Crippen LogP contribution in [0, 0.1) is 0 Å². The summed E-state index contributed by atoms with van der Waals surface area (Å²) >= 11 is 12.1. The lowest BCUT2D eigenvalue weighted by molar-refractivity contribution is -0.123. The van der Waals surface area contributed by atoms with Crippen LogP contribution < -0.4 is 10.2 Å². The minimum absolute atomic E-state index is 0.181. The zero-order valence-corrected chi connectivity index (χ0v) is 19.3. The van der Waals surface area contributed by atoms with Crippen LogP contribution in [-0.4, -0.2) is 70.5 Å². The molecule has 172 valence electrons. The Bertz CT molecular complexity index is 1140. The Morgan fingerprint density at radius 3 is 2.45 bits per heavy atom. The molecular formula is C22H22Cl2N6O3. The number of nitrogens with zero attached hydrogens (tertiary/aromatic N) is 5. The van der Waals surface area contributed by atoms with E-state index in [9.17, 15) is 14.4 Å². The summed E-state index contributed by atoms with van der Waals surface area (Å²) in [6.45, 7) is 4.67. The lowest BCUT2D eigenvalue weighted by Gasteiger charge is -2.35. The van der Waals surface area contributed by atoms with Gasteiger partial charge in [-0.15, -0.1) is 0 Å². The molecule has 0 saturated carbocycles. The summed E-state index contributed by atoms with van der Waals surface area (Å²) in [5.74, 6) is 0.283. The summed E-state index contributed by atoms with van der Waals surface area (Å²) in [4.78, 5) is 45.3. The normalized spacial score (nSPS) is 19.2. The molecule has 2 saturated heterocycles. The Morgan fingerprint density at radius 1 is 0.939 bits per heavy atom. The van der Waals surface area contributed by atoms with Crippen molar-refractivity contribution in [1.29, 1.82) is 0 Å². The summed E-state index contributed by atoms with van der Waals surface area (Å²) in [6, 6.07) is 7.07. The van der Waals surface area contributed by atoms with Crippen molar-refractivity contribution in [3.8, 4) is 0 Å². The van der Waals surface area contributed by atoms with Crippen LogP contribution in [-0.2, 0) is 17.9 Å². The Hall–Kier alpha value is -2.88. The molecular weight excluding hydrogens is 467 g/mol. The van der Waals surface area contributed by atoms with E-state index in [4.69, 9.17) is 23.2 Å². The van der Waals surface area contributed by atoms with Gasteiger partial charge in [0.15, 0.2) is 0 Å². The van der Waals surface area contributed by atoms with Crippen LogP contribution >= 0.6 is 23.2 Å². The standard InChI is InChI=1S/C22H22Cl2N6O3/c23-17-10-19(25-11-18(17)24)28-7-5-27(6-8-28)12-14-1-2-16-15(9-14)13-30(21(16)32)29-4-3-20(31)26-22(29)33/h1-2,9-11H,3-8,12-13H2,(H,26,31,33). The third-order valence-electron chi connectivity index (χ3n) is 6.17. The first-order valence-corrected chi connectivity index (χ1v) is 11.5. The summed E-state index contributed by atoms with van der Waals surface area (Å²) in [5, 5.41) is 5.95. The van der Waals surface area contributed by atoms with E-state index in [1.807, 2.05) is 18.2 Å². The number of urea groups is 1. The number of benzene rings is 1. The number of amides is 4. The molecule has 1 aromatic heterocycles. The monoisotopic (exact) mass is 488 g/mol. The second-order valence-corrected chi connectivity index (χ2v) is 9.11. The summed E-state index contributed by atoms with van der Waals surface area (Å²) < 4.78 is 0. The number of carbonyl (C=O) groups excluding carboxylic acids is 3. The van der Waals surface area contributed by atoms with Crippen molar-refractivity contribution < 1.29 is 14.4 Å². The highest BCUT2D eigenvalue weighted by molar-refractivity contribution is 6.42. The molecule has 11 heteroatoms. The SMILES string of the molecule is O=C1CCN(N2Cc3cc(CN4CCN(c5cc(Cl)c(Cl)cn5)CC4)ccc3C2=O)C(=O)N1. The zero-order chi connectivity index (χ0) is 23.1. The van der Waals surface area contributed by atoms with Crippen LogP contribution in [0.5, 0.6) is 0 Å². The van der Waals surface area contributed by atoms with Crippen molar-refractivity contribution in [2.24, 2.45) is 0 Å². The van der Waals surface area contributed by atoms with Crippen LogP contribution in [0.1, 0.15) is 27.9 Å². The van der Waals surface area contributed by atoms with Gasteiger partial charge in [-0.1, -0.05) is 35.3 Å². The topological polar surface area (TPSA) is 89.1 Å². The molecule has 3 aliphatic rings. The van der Waals surface area contributed by atoms with Gasteiger partial charge in [-0.2, -0.15) is 0 Å².